The van der Waals surface area contributed by atoms with Gasteiger partial charge >= 0.3 is 0 Å². The van der Waals surface area contributed by atoms with Gasteiger partial charge in [0.1, 0.15) is 0 Å². The molecule has 0 aromatic heterocycles. The number of carbonyl (C=O) groups excluding carboxylic acids is 1. The second-order valence-electron chi connectivity index (χ2n) is 3.63. The molecule has 0 aliphatic heterocycles. The van der Waals surface area contributed by atoms with Crippen LogP contribution in [0.15, 0.2) is 18.2 Å². The van der Waals surface area contributed by atoms with E-state index >= 15 is 0 Å². The molecule has 1 aromatic rings. The first-order valence-electron chi connectivity index (χ1n) is 5.06. The molecule has 0 saturated carbocycles. The Hall–Kier alpha value is -1.85. The SMILES string of the molecule is CNC(=O)c1ccc(N)cc1N(C)CC(F)F. The van der Waals surface area contributed by atoms with Gasteiger partial charge in [-0.3, -0.25) is 4.79 Å². The maximum absolute atomic E-state index is 12.3. The minimum absolute atomic E-state index is 0.324. The highest BCUT2D eigenvalue weighted by Crippen LogP contribution is 2.23. The lowest BCUT2D eigenvalue weighted by molar-refractivity contribution is 0.0963. The summed E-state index contributed by atoms with van der Waals surface area (Å²) in [5.41, 5.74) is 6.73. The predicted molar refractivity (Wildman–Crippen MR) is 63.5 cm³/mol. The van der Waals surface area contributed by atoms with Crippen molar-refractivity contribution >= 4 is 17.3 Å². The van der Waals surface area contributed by atoms with E-state index in [4.69, 9.17) is 5.73 Å². The Morgan fingerprint density at radius 2 is 2.18 bits per heavy atom. The Bertz CT molecular complexity index is 410. The lowest BCUT2D eigenvalue weighted by atomic mass is 10.1. The summed E-state index contributed by atoms with van der Waals surface area (Å²) < 4.78 is 24.6. The van der Waals surface area contributed by atoms with Crippen LogP contribution >= 0.6 is 0 Å². The van der Waals surface area contributed by atoms with Gasteiger partial charge in [0.15, 0.2) is 0 Å². The largest absolute Gasteiger partial charge is 0.399 e. The van der Waals surface area contributed by atoms with Crippen LogP contribution in [0.5, 0.6) is 0 Å². The smallest absolute Gasteiger partial charge is 0.255 e. The number of carbonyl (C=O) groups is 1. The van der Waals surface area contributed by atoms with Crippen LogP contribution in [0, 0.1) is 0 Å². The molecule has 94 valence electrons. The Morgan fingerprint density at radius 1 is 1.53 bits per heavy atom. The van der Waals surface area contributed by atoms with Crippen LogP contribution in [0.4, 0.5) is 20.2 Å². The number of rotatable bonds is 4. The highest BCUT2D eigenvalue weighted by molar-refractivity contribution is 6.00. The highest BCUT2D eigenvalue weighted by Gasteiger charge is 2.16. The maximum Gasteiger partial charge on any atom is 0.255 e. The van der Waals surface area contributed by atoms with Crippen molar-refractivity contribution in [3.63, 3.8) is 0 Å². The lowest BCUT2D eigenvalue weighted by Gasteiger charge is -2.21. The summed E-state index contributed by atoms with van der Waals surface area (Å²) in [6.07, 6.45) is -2.47. The summed E-state index contributed by atoms with van der Waals surface area (Å²) in [5.74, 6) is -0.332. The van der Waals surface area contributed by atoms with Crippen molar-refractivity contribution in [3.05, 3.63) is 23.8 Å². The third-order valence-corrected chi connectivity index (χ3v) is 2.32. The molecule has 0 aliphatic carbocycles. The number of benzene rings is 1. The number of anilines is 2. The summed E-state index contributed by atoms with van der Waals surface area (Å²) in [7, 11) is 2.98. The van der Waals surface area contributed by atoms with Crippen LogP contribution in [-0.2, 0) is 0 Å². The quantitative estimate of drug-likeness (QED) is 0.784. The minimum atomic E-state index is -2.47. The Balaban J connectivity index is 3.10. The number of alkyl halides is 2. The van der Waals surface area contributed by atoms with Crippen molar-refractivity contribution in [1.82, 2.24) is 5.32 Å². The molecule has 0 atom stereocenters. The van der Waals surface area contributed by atoms with E-state index in [1.54, 1.807) is 6.07 Å². The van der Waals surface area contributed by atoms with Gasteiger partial charge in [-0.05, 0) is 18.2 Å². The third-order valence-electron chi connectivity index (χ3n) is 2.32. The fourth-order valence-corrected chi connectivity index (χ4v) is 1.50. The lowest BCUT2D eigenvalue weighted by Crippen LogP contribution is -2.28. The molecule has 0 radical (unpaired) electrons. The monoisotopic (exact) mass is 243 g/mol. The fraction of sp³-hybridized carbons (Fsp3) is 0.364. The van der Waals surface area contributed by atoms with E-state index in [-0.39, 0.29) is 5.91 Å². The van der Waals surface area contributed by atoms with E-state index in [1.807, 2.05) is 0 Å². The van der Waals surface area contributed by atoms with Gasteiger partial charge in [-0.2, -0.15) is 0 Å². The summed E-state index contributed by atoms with van der Waals surface area (Å²) in [4.78, 5) is 12.9. The zero-order chi connectivity index (χ0) is 13.0. The number of amides is 1. The number of hydrogen-bond donors (Lipinski definition) is 2. The molecule has 17 heavy (non-hydrogen) atoms. The van der Waals surface area contributed by atoms with Crippen LogP contribution in [0.25, 0.3) is 0 Å². The van der Waals surface area contributed by atoms with Crippen LogP contribution in [0.1, 0.15) is 10.4 Å². The number of nitrogens with one attached hydrogen (secondary N) is 1. The van der Waals surface area contributed by atoms with E-state index in [9.17, 15) is 13.6 Å². The van der Waals surface area contributed by atoms with Crippen molar-refractivity contribution in [2.75, 3.05) is 31.3 Å². The summed E-state index contributed by atoms with van der Waals surface area (Å²) >= 11 is 0. The first kappa shape index (κ1) is 13.2. The third kappa shape index (κ3) is 3.30. The molecule has 0 unspecified atom stereocenters. The second-order valence-corrected chi connectivity index (χ2v) is 3.63. The van der Waals surface area contributed by atoms with Gasteiger partial charge in [-0.25, -0.2) is 8.78 Å². The molecule has 0 saturated heterocycles. The van der Waals surface area contributed by atoms with Crippen molar-refractivity contribution < 1.29 is 13.6 Å². The number of nitrogens with zero attached hydrogens (tertiary/aromatic N) is 1. The molecule has 1 rings (SSSR count). The minimum Gasteiger partial charge on any atom is -0.399 e. The summed E-state index contributed by atoms with van der Waals surface area (Å²) in [6.45, 7) is -0.451. The summed E-state index contributed by atoms with van der Waals surface area (Å²) in [6, 6.07) is 4.59. The van der Waals surface area contributed by atoms with Gasteiger partial charge < -0.3 is 16.0 Å². The molecular formula is C11H15F2N3O. The van der Waals surface area contributed by atoms with E-state index in [0.717, 1.165) is 0 Å². The summed E-state index contributed by atoms with van der Waals surface area (Å²) in [5, 5.41) is 2.46. The zero-order valence-electron chi connectivity index (χ0n) is 9.71. The second kappa shape index (κ2) is 5.47. The molecule has 0 aliphatic rings. The van der Waals surface area contributed by atoms with Crippen LogP contribution in [-0.4, -0.2) is 33.0 Å². The highest BCUT2D eigenvalue weighted by atomic mass is 19.3. The van der Waals surface area contributed by atoms with E-state index in [2.05, 4.69) is 5.32 Å². The zero-order valence-corrected chi connectivity index (χ0v) is 9.71. The number of nitrogen functional groups attached to an aromatic ring is 1. The maximum atomic E-state index is 12.3. The molecule has 0 heterocycles. The van der Waals surface area contributed by atoms with Gasteiger partial charge in [0, 0.05) is 19.8 Å². The van der Waals surface area contributed by atoms with E-state index < -0.39 is 13.0 Å². The number of nitrogens with two attached hydrogens (primary N) is 1. The van der Waals surface area contributed by atoms with Gasteiger partial charge in [-0.15, -0.1) is 0 Å². The molecule has 6 heteroatoms. The molecular weight excluding hydrogens is 228 g/mol. The Labute approximate surface area is 98.4 Å². The first-order chi connectivity index (χ1) is 7.95. The van der Waals surface area contributed by atoms with Gasteiger partial charge in [0.05, 0.1) is 17.8 Å². The average molecular weight is 243 g/mol. The molecule has 0 bridgehead atoms. The van der Waals surface area contributed by atoms with Crippen molar-refractivity contribution in [1.29, 1.82) is 0 Å². The van der Waals surface area contributed by atoms with Gasteiger partial charge in [0.25, 0.3) is 12.3 Å². The predicted octanol–water partition coefficient (Wildman–Crippen LogP) is 1.33. The van der Waals surface area contributed by atoms with Crippen molar-refractivity contribution in [3.8, 4) is 0 Å². The van der Waals surface area contributed by atoms with Gasteiger partial charge in [-0.1, -0.05) is 0 Å². The van der Waals surface area contributed by atoms with Crippen LogP contribution in [0.2, 0.25) is 0 Å². The molecule has 4 nitrogen and oxygen atoms in total. The van der Waals surface area contributed by atoms with Crippen LogP contribution < -0.4 is 16.0 Å². The Morgan fingerprint density at radius 3 is 2.71 bits per heavy atom. The standard InChI is InChI=1S/C11H15F2N3O/c1-15-11(17)8-4-3-7(14)5-9(8)16(2)6-10(12)13/h3-5,10H,6,14H2,1-2H3,(H,15,17). The fourth-order valence-electron chi connectivity index (χ4n) is 1.50. The molecule has 0 spiro atoms. The molecule has 1 aromatic carbocycles. The average Bonchev–Trinajstić information content (AvgIpc) is 2.27. The van der Waals surface area contributed by atoms with E-state index in [1.165, 1.54) is 31.1 Å². The number of hydrogen-bond acceptors (Lipinski definition) is 3. The van der Waals surface area contributed by atoms with Crippen molar-refractivity contribution in [2.24, 2.45) is 0 Å². The Kier molecular flexibility index (Phi) is 4.25. The molecule has 3 N–H and O–H groups in total. The molecule has 0 fully saturated rings. The molecule has 1 amide bonds. The number of halogens is 2. The first-order valence-corrected chi connectivity index (χ1v) is 5.06. The normalized spacial score (nSPS) is 10.4. The van der Waals surface area contributed by atoms with Crippen molar-refractivity contribution in [2.45, 2.75) is 6.43 Å². The van der Waals surface area contributed by atoms with Crippen LogP contribution in [0.3, 0.4) is 0 Å². The van der Waals surface area contributed by atoms with E-state index in [0.29, 0.717) is 16.9 Å². The van der Waals surface area contributed by atoms with Gasteiger partial charge in [0.2, 0.25) is 0 Å². The topological polar surface area (TPSA) is 58.4 Å².